The highest BCUT2D eigenvalue weighted by atomic mass is 16.5. The lowest BCUT2D eigenvalue weighted by atomic mass is 10.1. The van der Waals surface area contributed by atoms with Crippen molar-refractivity contribution in [3.05, 3.63) is 101 Å². The number of allylic oxidation sites excluding steroid dienone is 1. The molecule has 0 bridgehead atoms. The van der Waals surface area contributed by atoms with E-state index in [-0.39, 0.29) is 17.6 Å². The number of aromatic nitrogens is 2. The molecule has 5 nitrogen and oxygen atoms in total. The fourth-order valence-corrected chi connectivity index (χ4v) is 3.43. The molecule has 132 valence electrons. The molecule has 0 N–H and O–H groups in total. The van der Waals surface area contributed by atoms with Gasteiger partial charge in [0.2, 0.25) is 0 Å². The SMILES string of the molecule is O=c1c2ccccc2nc(OC2=CC3CC=CN3C=C2)n1-c1ccccc1. The van der Waals surface area contributed by atoms with E-state index in [1.807, 2.05) is 60.8 Å². The first kappa shape index (κ1) is 15.6. The summed E-state index contributed by atoms with van der Waals surface area (Å²) in [7, 11) is 0. The molecule has 2 aliphatic rings. The molecule has 3 heterocycles. The number of rotatable bonds is 3. The Morgan fingerprint density at radius 2 is 1.81 bits per heavy atom. The zero-order valence-corrected chi connectivity index (χ0v) is 14.5. The zero-order valence-electron chi connectivity index (χ0n) is 14.5. The van der Waals surface area contributed by atoms with Gasteiger partial charge in [-0.3, -0.25) is 4.79 Å². The topological polar surface area (TPSA) is 47.4 Å². The molecule has 27 heavy (non-hydrogen) atoms. The standard InChI is InChI=1S/C22H17N3O2/c26-21-19-10-4-5-11-20(19)23-22(25(21)16-7-2-1-3-8-16)27-18-12-14-24-13-6-9-17(24)15-18/h1-8,10-15,17H,9H2. The van der Waals surface area contributed by atoms with Crippen LogP contribution in [0, 0.1) is 0 Å². The number of fused-ring (bicyclic) bond motifs is 2. The summed E-state index contributed by atoms with van der Waals surface area (Å²) >= 11 is 0. The summed E-state index contributed by atoms with van der Waals surface area (Å²) in [6.45, 7) is 0. The largest absolute Gasteiger partial charge is 0.425 e. The molecule has 1 aromatic heterocycles. The van der Waals surface area contributed by atoms with Crippen molar-refractivity contribution in [2.75, 3.05) is 0 Å². The molecule has 0 radical (unpaired) electrons. The van der Waals surface area contributed by atoms with Crippen LogP contribution in [0.25, 0.3) is 16.6 Å². The van der Waals surface area contributed by atoms with Crippen LogP contribution < -0.4 is 10.3 Å². The molecule has 5 heteroatoms. The van der Waals surface area contributed by atoms with E-state index < -0.39 is 0 Å². The highest BCUT2D eigenvalue weighted by Gasteiger charge is 2.21. The summed E-state index contributed by atoms with van der Waals surface area (Å²) in [5.74, 6) is 0.687. The highest BCUT2D eigenvalue weighted by molar-refractivity contribution is 5.78. The van der Waals surface area contributed by atoms with Gasteiger partial charge in [-0.05, 0) is 42.8 Å². The smallest absolute Gasteiger partial charge is 0.310 e. The Hall–Kier alpha value is -3.60. The third kappa shape index (κ3) is 2.73. The minimum atomic E-state index is -0.147. The van der Waals surface area contributed by atoms with Crippen LogP contribution in [0.2, 0.25) is 0 Å². The Morgan fingerprint density at radius 3 is 2.70 bits per heavy atom. The Kier molecular flexibility index (Phi) is 3.64. The van der Waals surface area contributed by atoms with Crippen molar-refractivity contribution in [2.45, 2.75) is 12.5 Å². The minimum Gasteiger partial charge on any atom is -0.425 e. The third-order valence-corrected chi connectivity index (χ3v) is 4.77. The quantitative estimate of drug-likeness (QED) is 0.718. The number of nitrogens with zero attached hydrogens (tertiary/aromatic N) is 3. The summed E-state index contributed by atoms with van der Waals surface area (Å²) in [4.78, 5) is 19.9. The molecule has 5 rings (SSSR count). The van der Waals surface area contributed by atoms with Gasteiger partial charge in [-0.2, -0.15) is 4.98 Å². The summed E-state index contributed by atoms with van der Waals surface area (Å²) in [6.07, 6.45) is 11.0. The zero-order chi connectivity index (χ0) is 18.2. The molecule has 0 fully saturated rings. The fourth-order valence-electron chi connectivity index (χ4n) is 3.43. The van der Waals surface area contributed by atoms with Gasteiger partial charge in [0.05, 0.1) is 22.6 Å². The van der Waals surface area contributed by atoms with Gasteiger partial charge in [0.15, 0.2) is 0 Å². The van der Waals surface area contributed by atoms with Crippen LogP contribution in [0.5, 0.6) is 6.01 Å². The maximum Gasteiger partial charge on any atom is 0.310 e. The Balaban J connectivity index is 1.65. The van der Waals surface area contributed by atoms with Gasteiger partial charge in [0.1, 0.15) is 5.76 Å². The van der Waals surface area contributed by atoms with E-state index in [9.17, 15) is 4.79 Å². The average Bonchev–Trinajstić information content (AvgIpc) is 3.17. The van der Waals surface area contributed by atoms with Gasteiger partial charge in [0, 0.05) is 12.4 Å². The van der Waals surface area contributed by atoms with Crippen molar-refractivity contribution in [3.8, 4) is 11.7 Å². The Labute approximate surface area is 156 Å². The molecule has 0 saturated heterocycles. The van der Waals surface area contributed by atoms with Crippen LogP contribution in [0.3, 0.4) is 0 Å². The second-order valence-electron chi connectivity index (χ2n) is 6.51. The number of hydrogen-bond donors (Lipinski definition) is 0. The van der Waals surface area contributed by atoms with Crippen LogP contribution >= 0.6 is 0 Å². The molecule has 1 atom stereocenters. The minimum absolute atomic E-state index is 0.147. The molecule has 0 amide bonds. The van der Waals surface area contributed by atoms with Gasteiger partial charge in [0.25, 0.3) is 5.56 Å². The van der Waals surface area contributed by atoms with Crippen molar-refractivity contribution < 1.29 is 4.74 Å². The van der Waals surface area contributed by atoms with Gasteiger partial charge >= 0.3 is 6.01 Å². The number of benzene rings is 2. The third-order valence-electron chi connectivity index (χ3n) is 4.77. The lowest BCUT2D eigenvalue weighted by molar-refractivity contribution is 0.366. The number of hydrogen-bond acceptors (Lipinski definition) is 4. The van der Waals surface area contributed by atoms with Crippen LogP contribution in [-0.4, -0.2) is 20.5 Å². The summed E-state index contributed by atoms with van der Waals surface area (Å²) in [5, 5.41) is 0.563. The second kappa shape index (κ2) is 6.29. The van der Waals surface area contributed by atoms with Crippen molar-refractivity contribution in [3.63, 3.8) is 0 Å². The molecule has 0 aliphatic carbocycles. The van der Waals surface area contributed by atoms with Gasteiger partial charge in [-0.25, -0.2) is 4.57 Å². The predicted molar refractivity (Wildman–Crippen MR) is 105 cm³/mol. The average molecular weight is 355 g/mol. The van der Waals surface area contributed by atoms with Crippen LogP contribution in [0.4, 0.5) is 0 Å². The maximum absolute atomic E-state index is 13.2. The number of ether oxygens (including phenoxy) is 1. The molecular weight excluding hydrogens is 338 g/mol. The van der Waals surface area contributed by atoms with Gasteiger partial charge in [-0.1, -0.05) is 36.4 Å². The lowest BCUT2D eigenvalue weighted by Gasteiger charge is -2.24. The van der Waals surface area contributed by atoms with Crippen molar-refractivity contribution >= 4 is 10.9 Å². The first-order valence-electron chi connectivity index (χ1n) is 8.89. The lowest BCUT2D eigenvalue weighted by Crippen LogP contribution is -2.25. The molecule has 0 saturated carbocycles. The molecular formula is C22H17N3O2. The summed E-state index contributed by atoms with van der Waals surface area (Å²) in [6, 6.07) is 17.3. The molecule has 0 spiro atoms. The number of para-hydroxylation sites is 2. The van der Waals surface area contributed by atoms with E-state index in [1.54, 1.807) is 6.07 Å². The Bertz CT molecular complexity index is 1160. The van der Waals surface area contributed by atoms with Gasteiger partial charge in [-0.15, -0.1) is 0 Å². The van der Waals surface area contributed by atoms with Crippen molar-refractivity contribution in [1.29, 1.82) is 0 Å². The van der Waals surface area contributed by atoms with Crippen molar-refractivity contribution in [1.82, 2.24) is 14.5 Å². The van der Waals surface area contributed by atoms with Crippen LogP contribution in [0.15, 0.2) is 95.8 Å². The van der Waals surface area contributed by atoms with E-state index in [4.69, 9.17) is 4.74 Å². The molecule has 1 unspecified atom stereocenters. The molecule has 2 aliphatic heterocycles. The van der Waals surface area contributed by atoms with E-state index >= 15 is 0 Å². The van der Waals surface area contributed by atoms with E-state index in [0.717, 1.165) is 12.1 Å². The van der Waals surface area contributed by atoms with E-state index in [1.165, 1.54) is 4.57 Å². The van der Waals surface area contributed by atoms with Gasteiger partial charge < -0.3 is 9.64 Å². The van der Waals surface area contributed by atoms with Crippen LogP contribution in [0.1, 0.15) is 6.42 Å². The fraction of sp³-hybridized carbons (Fsp3) is 0.0909. The van der Waals surface area contributed by atoms with Crippen molar-refractivity contribution in [2.24, 2.45) is 0 Å². The maximum atomic E-state index is 13.2. The van der Waals surface area contributed by atoms with Crippen LogP contribution in [-0.2, 0) is 0 Å². The molecule has 3 aromatic rings. The van der Waals surface area contributed by atoms with E-state index in [2.05, 4.69) is 28.2 Å². The first-order chi connectivity index (χ1) is 13.3. The molecule has 2 aromatic carbocycles. The summed E-state index contributed by atoms with van der Waals surface area (Å²) in [5.41, 5.74) is 1.20. The summed E-state index contributed by atoms with van der Waals surface area (Å²) < 4.78 is 7.63. The highest BCUT2D eigenvalue weighted by Crippen LogP contribution is 2.25. The van der Waals surface area contributed by atoms with E-state index in [0.29, 0.717) is 16.7 Å². The Morgan fingerprint density at radius 1 is 1.00 bits per heavy atom. The normalized spacial score (nSPS) is 17.9. The second-order valence-corrected chi connectivity index (χ2v) is 6.51. The monoisotopic (exact) mass is 355 g/mol. The predicted octanol–water partition coefficient (Wildman–Crippen LogP) is 3.76. The first-order valence-corrected chi connectivity index (χ1v) is 8.89.